The maximum absolute atomic E-state index is 11.2. The molecule has 148 valence electrons. The van der Waals surface area contributed by atoms with Gasteiger partial charge >= 0.3 is 16.9 Å². The van der Waals surface area contributed by atoms with Gasteiger partial charge < -0.3 is 10.1 Å². The molecule has 0 atom stereocenters. The lowest BCUT2D eigenvalue weighted by atomic mass is 10.2. The fourth-order valence-electron chi connectivity index (χ4n) is 2.60. The molecule has 2 aromatic rings. The third-order valence-corrected chi connectivity index (χ3v) is 4.86. The van der Waals surface area contributed by atoms with Crippen molar-refractivity contribution in [3.05, 3.63) is 64.3 Å². The van der Waals surface area contributed by atoms with Crippen molar-refractivity contribution in [1.82, 2.24) is 9.97 Å². The second-order valence-corrected chi connectivity index (χ2v) is 7.28. The van der Waals surface area contributed by atoms with Crippen LogP contribution in [0.5, 0.6) is 5.75 Å². The highest BCUT2D eigenvalue weighted by atomic mass is 35.5. The fourth-order valence-corrected chi connectivity index (χ4v) is 3.18. The molecular weight excluding hydrogens is 415 g/mol. The summed E-state index contributed by atoms with van der Waals surface area (Å²) in [7, 11) is 0. The Morgan fingerprint density at radius 1 is 1.04 bits per heavy atom. The van der Waals surface area contributed by atoms with Crippen LogP contribution in [0, 0.1) is 20.2 Å². The molecule has 0 spiro atoms. The van der Waals surface area contributed by atoms with Crippen LogP contribution in [0.1, 0.15) is 48.9 Å². The van der Waals surface area contributed by atoms with E-state index >= 15 is 0 Å². The molecule has 2 aromatic heterocycles. The fraction of sp³-hybridized carbons (Fsp3) is 0.375. The van der Waals surface area contributed by atoms with Gasteiger partial charge in [0.05, 0.1) is 9.85 Å². The molecule has 12 heteroatoms. The average Bonchev–Trinajstić information content (AvgIpc) is 3.46. The van der Waals surface area contributed by atoms with Crippen LogP contribution < -0.4 is 5.56 Å². The maximum Gasteiger partial charge on any atom is 0.375 e. The van der Waals surface area contributed by atoms with Crippen LogP contribution >= 0.6 is 23.2 Å². The minimum Gasteiger partial charge on any atom is -0.502 e. The highest BCUT2D eigenvalue weighted by Gasteiger charge is 2.30. The summed E-state index contributed by atoms with van der Waals surface area (Å²) >= 11 is 11.4. The molecule has 0 bridgehead atoms. The van der Waals surface area contributed by atoms with Crippen LogP contribution in [0.3, 0.4) is 0 Å². The zero-order chi connectivity index (χ0) is 20.6. The number of nitrogens with one attached hydrogen (secondary N) is 1. The van der Waals surface area contributed by atoms with Crippen molar-refractivity contribution >= 4 is 34.6 Å². The minimum atomic E-state index is -0.884. The Labute approximate surface area is 167 Å². The lowest BCUT2D eigenvalue weighted by Gasteiger charge is -2.01. The first-order valence-corrected chi connectivity index (χ1v) is 9.05. The molecule has 4 rings (SSSR count). The summed E-state index contributed by atoms with van der Waals surface area (Å²) in [6.45, 7) is 0. The Balaban J connectivity index is 0.000000161. The van der Waals surface area contributed by atoms with Crippen molar-refractivity contribution in [2.75, 3.05) is 0 Å². The molecule has 0 saturated heterocycles. The number of halogens is 2. The summed E-state index contributed by atoms with van der Waals surface area (Å²) in [6.07, 6.45) is 4.01. The van der Waals surface area contributed by atoms with Crippen molar-refractivity contribution in [2.45, 2.75) is 37.5 Å². The van der Waals surface area contributed by atoms with E-state index in [0.29, 0.717) is 11.6 Å². The molecule has 0 radical (unpaired) electrons. The number of aromatic hydroxyl groups is 1. The van der Waals surface area contributed by atoms with E-state index in [-0.39, 0.29) is 21.8 Å². The zero-order valence-corrected chi connectivity index (χ0v) is 15.7. The lowest BCUT2D eigenvalue weighted by molar-refractivity contribution is -0.387. The number of nitro groups is 2. The van der Waals surface area contributed by atoms with Crippen LogP contribution in [-0.2, 0) is 0 Å². The smallest absolute Gasteiger partial charge is 0.375 e. The monoisotopic (exact) mass is 428 g/mol. The molecule has 0 amide bonds. The lowest BCUT2D eigenvalue weighted by Crippen LogP contribution is -2.13. The minimum absolute atomic E-state index is 0.0666. The van der Waals surface area contributed by atoms with Gasteiger partial charge in [0.25, 0.3) is 0 Å². The Bertz CT molecular complexity index is 994. The Hall–Kier alpha value is -2.72. The van der Waals surface area contributed by atoms with Gasteiger partial charge in [-0.3, -0.25) is 25.0 Å². The summed E-state index contributed by atoms with van der Waals surface area (Å²) in [4.78, 5) is 36.9. The molecule has 0 unspecified atom stereocenters. The van der Waals surface area contributed by atoms with Crippen LogP contribution in [0.2, 0.25) is 10.2 Å². The van der Waals surface area contributed by atoms with Gasteiger partial charge in [-0.15, -0.1) is 0 Å². The van der Waals surface area contributed by atoms with E-state index in [1.807, 2.05) is 0 Å². The van der Waals surface area contributed by atoms with E-state index in [9.17, 15) is 30.1 Å². The molecule has 0 aromatic carbocycles. The van der Waals surface area contributed by atoms with Gasteiger partial charge in [0, 0.05) is 23.4 Å². The third-order valence-electron chi connectivity index (χ3n) is 4.31. The number of rotatable bonds is 4. The second-order valence-electron chi connectivity index (χ2n) is 6.52. The summed E-state index contributed by atoms with van der Waals surface area (Å²) in [5, 5.41) is 30.1. The largest absolute Gasteiger partial charge is 0.502 e. The highest BCUT2D eigenvalue weighted by molar-refractivity contribution is 6.37. The van der Waals surface area contributed by atoms with Gasteiger partial charge in [-0.05, 0) is 37.7 Å². The first-order valence-electron chi connectivity index (χ1n) is 8.30. The number of H-pyrrole nitrogens is 1. The van der Waals surface area contributed by atoms with Gasteiger partial charge in [0.2, 0.25) is 10.9 Å². The SMILES string of the molecule is O=[N+]([O-])c1c(Cl)cc(C2CC2)nc1Cl.O=c1[nH]c(C2CC2)cc(O)c1[N+](=O)[O-]. The van der Waals surface area contributed by atoms with Crippen LogP contribution in [0.25, 0.3) is 0 Å². The zero-order valence-electron chi connectivity index (χ0n) is 14.2. The first kappa shape index (κ1) is 20.0. The first-order chi connectivity index (χ1) is 13.2. The summed E-state index contributed by atoms with van der Waals surface area (Å²) in [5.74, 6) is 0.0702. The molecule has 28 heavy (non-hydrogen) atoms. The highest BCUT2D eigenvalue weighted by Crippen LogP contribution is 2.42. The van der Waals surface area contributed by atoms with Gasteiger partial charge in [0.15, 0.2) is 0 Å². The third kappa shape index (κ3) is 4.39. The molecule has 2 fully saturated rings. The molecule has 10 nitrogen and oxygen atoms in total. The summed E-state index contributed by atoms with van der Waals surface area (Å²) in [5.41, 5.74) is -0.590. The second kappa shape index (κ2) is 7.72. The van der Waals surface area contributed by atoms with E-state index in [0.717, 1.165) is 31.4 Å². The average molecular weight is 429 g/mol. The van der Waals surface area contributed by atoms with Crippen molar-refractivity contribution in [3.63, 3.8) is 0 Å². The number of nitrogens with zero attached hydrogens (tertiary/aromatic N) is 3. The van der Waals surface area contributed by atoms with Crippen molar-refractivity contribution in [1.29, 1.82) is 0 Å². The summed E-state index contributed by atoms with van der Waals surface area (Å²) in [6, 6.07) is 2.79. The van der Waals surface area contributed by atoms with Crippen LogP contribution in [-0.4, -0.2) is 24.9 Å². The quantitative estimate of drug-likeness (QED) is 0.423. The predicted octanol–water partition coefficient (Wildman–Crippen LogP) is 4.04. The topological polar surface area (TPSA) is 152 Å². The van der Waals surface area contributed by atoms with Crippen LogP contribution in [0.15, 0.2) is 16.9 Å². The number of aromatic nitrogens is 2. The van der Waals surface area contributed by atoms with Crippen LogP contribution in [0.4, 0.5) is 11.4 Å². The summed E-state index contributed by atoms with van der Waals surface area (Å²) < 4.78 is 0. The van der Waals surface area contributed by atoms with E-state index in [1.165, 1.54) is 12.1 Å². The number of hydrogen-bond donors (Lipinski definition) is 2. The van der Waals surface area contributed by atoms with Gasteiger partial charge in [-0.1, -0.05) is 23.2 Å². The van der Waals surface area contributed by atoms with E-state index in [4.69, 9.17) is 23.2 Å². The maximum atomic E-state index is 11.2. The number of hydrogen-bond acceptors (Lipinski definition) is 7. The van der Waals surface area contributed by atoms with Gasteiger partial charge in [-0.2, -0.15) is 0 Å². The number of pyridine rings is 2. The van der Waals surface area contributed by atoms with Gasteiger partial charge in [-0.25, -0.2) is 4.98 Å². The molecule has 2 saturated carbocycles. The van der Waals surface area contributed by atoms with Crippen molar-refractivity contribution < 1.29 is 15.0 Å². The van der Waals surface area contributed by atoms with E-state index in [1.54, 1.807) is 0 Å². The van der Waals surface area contributed by atoms with E-state index in [2.05, 4.69) is 9.97 Å². The number of aromatic amines is 1. The molecule has 2 aliphatic carbocycles. The molecular formula is C16H14Cl2N4O6. The Morgan fingerprint density at radius 2 is 1.61 bits per heavy atom. The molecule has 2 N–H and O–H groups in total. The standard InChI is InChI=1S/C8H6Cl2N2O2.C8H8N2O4/c9-5-3-6(4-1-2-4)11-8(10)7(5)12(13)14;11-6-3-5(4-1-2-4)9-8(12)7(6)10(13)14/h3-4H,1-2H2;3-4H,1-2H2,(H2,9,11,12). The Kier molecular flexibility index (Phi) is 5.52. The molecule has 2 aliphatic rings. The van der Waals surface area contributed by atoms with Crippen molar-refractivity contribution in [2.24, 2.45) is 0 Å². The van der Waals surface area contributed by atoms with E-state index < -0.39 is 26.8 Å². The molecule has 2 heterocycles. The van der Waals surface area contributed by atoms with Crippen molar-refractivity contribution in [3.8, 4) is 5.75 Å². The van der Waals surface area contributed by atoms with Gasteiger partial charge in [0.1, 0.15) is 5.02 Å². The normalized spacial score (nSPS) is 15.5. The predicted molar refractivity (Wildman–Crippen MR) is 100 cm³/mol. The Morgan fingerprint density at radius 3 is 2.04 bits per heavy atom. The molecule has 0 aliphatic heterocycles.